The van der Waals surface area contributed by atoms with Gasteiger partial charge in [-0.15, -0.1) is 0 Å². The summed E-state index contributed by atoms with van der Waals surface area (Å²) < 4.78 is 41.2. The predicted octanol–water partition coefficient (Wildman–Crippen LogP) is 5.43. The van der Waals surface area contributed by atoms with Gasteiger partial charge in [0.1, 0.15) is 0 Å². The van der Waals surface area contributed by atoms with Gasteiger partial charge < -0.3 is 15.2 Å². The van der Waals surface area contributed by atoms with Crippen LogP contribution in [0.3, 0.4) is 0 Å². The van der Waals surface area contributed by atoms with Crippen molar-refractivity contribution in [3.05, 3.63) is 83.2 Å². The first-order valence-electron chi connectivity index (χ1n) is 8.71. The van der Waals surface area contributed by atoms with E-state index in [2.05, 4.69) is 15.2 Å². The summed E-state index contributed by atoms with van der Waals surface area (Å²) in [5, 5.41) is 4.91. The van der Waals surface area contributed by atoms with Crippen LogP contribution >= 0.6 is 0 Å². The Morgan fingerprint density at radius 1 is 1.00 bits per heavy atom. The van der Waals surface area contributed by atoms with E-state index in [0.717, 1.165) is 28.7 Å². The Hall–Kier alpha value is -3.22. The molecule has 0 saturated carbocycles. The zero-order valence-electron chi connectivity index (χ0n) is 15.5. The van der Waals surface area contributed by atoms with Crippen LogP contribution in [0.4, 0.5) is 23.7 Å². The topological polar surface area (TPSA) is 46.1 Å². The van der Waals surface area contributed by atoms with Crippen LogP contribution in [0.25, 0.3) is 5.69 Å². The summed E-state index contributed by atoms with van der Waals surface area (Å²) in [4.78, 5) is 12.1. The molecule has 3 rings (SSSR count). The standard InChI is InChI=1S/C21H20F3N3O/c1-14-12-16(15(2)27(14)17-8-4-3-5-9-17)13-25-20(28)26-19-11-7-6-10-18(19)21(22,23)24/h3-12H,13H2,1-2H3,(H2,25,26,28). The van der Waals surface area contributed by atoms with E-state index in [4.69, 9.17) is 0 Å². The van der Waals surface area contributed by atoms with Crippen molar-refractivity contribution in [1.82, 2.24) is 9.88 Å². The number of anilines is 1. The molecular formula is C21H20F3N3O. The number of alkyl halides is 3. The number of urea groups is 1. The molecular weight excluding hydrogens is 367 g/mol. The number of para-hydroxylation sites is 2. The molecule has 3 aromatic rings. The number of halogens is 3. The molecule has 0 saturated heterocycles. The molecule has 0 aliphatic heterocycles. The molecule has 0 aliphatic carbocycles. The van der Waals surface area contributed by atoms with Gasteiger partial charge in [0, 0.05) is 23.6 Å². The third kappa shape index (κ3) is 4.19. The van der Waals surface area contributed by atoms with Gasteiger partial charge >= 0.3 is 12.2 Å². The van der Waals surface area contributed by atoms with E-state index in [0.29, 0.717) is 0 Å². The number of amides is 2. The van der Waals surface area contributed by atoms with Crippen LogP contribution in [0, 0.1) is 13.8 Å². The van der Waals surface area contributed by atoms with E-state index in [1.54, 1.807) is 0 Å². The highest BCUT2D eigenvalue weighted by molar-refractivity contribution is 5.90. The SMILES string of the molecule is Cc1cc(CNC(=O)Nc2ccccc2C(F)(F)F)c(C)n1-c1ccccc1. The van der Waals surface area contributed by atoms with Gasteiger partial charge in [-0.1, -0.05) is 30.3 Å². The monoisotopic (exact) mass is 387 g/mol. The molecule has 0 aliphatic rings. The van der Waals surface area contributed by atoms with Crippen molar-refractivity contribution in [3.8, 4) is 5.69 Å². The molecule has 2 aromatic carbocycles. The average Bonchev–Trinajstić information content (AvgIpc) is 2.94. The Balaban J connectivity index is 1.71. The van der Waals surface area contributed by atoms with Gasteiger partial charge in [0.2, 0.25) is 0 Å². The fourth-order valence-corrected chi connectivity index (χ4v) is 3.16. The normalized spacial score (nSPS) is 11.3. The lowest BCUT2D eigenvalue weighted by molar-refractivity contribution is -0.136. The second-order valence-corrected chi connectivity index (χ2v) is 6.42. The molecule has 0 spiro atoms. The molecule has 2 N–H and O–H groups in total. The number of nitrogens with zero attached hydrogens (tertiary/aromatic N) is 1. The van der Waals surface area contributed by atoms with Crippen molar-refractivity contribution in [2.75, 3.05) is 5.32 Å². The summed E-state index contributed by atoms with van der Waals surface area (Å²) >= 11 is 0. The van der Waals surface area contributed by atoms with Gasteiger partial charge in [-0.25, -0.2) is 4.79 Å². The number of rotatable bonds is 4. The third-order valence-electron chi connectivity index (χ3n) is 4.47. The second-order valence-electron chi connectivity index (χ2n) is 6.42. The first-order chi connectivity index (χ1) is 13.3. The zero-order valence-corrected chi connectivity index (χ0v) is 15.5. The Morgan fingerprint density at radius 2 is 1.64 bits per heavy atom. The summed E-state index contributed by atoms with van der Waals surface area (Å²) in [5.41, 5.74) is 2.70. The van der Waals surface area contributed by atoms with Crippen LogP contribution in [0.1, 0.15) is 22.5 Å². The number of hydrogen-bond donors (Lipinski definition) is 2. The number of aromatic nitrogens is 1. The summed E-state index contributed by atoms with van der Waals surface area (Å²) in [6.07, 6.45) is -4.54. The van der Waals surface area contributed by atoms with Gasteiger partial charge in [0.25, 0.3) is 0 Å². The van der Waals surface area contributed by atoms with Crippen molar-refractivity contribution in [2.45, 2.75) is 26.6 Å². The number of nitrogens with one attached hydrogen (secondary N) is 2. The molecule has 0 radical (unpaired) electrons. The van der Waals surface area contributed by atoms with E-state index < -0.39 is 17.8 Å². The van der Waals surface area contributed by atoms with Crippen molar-refractivity contribution >= 4 is 11.7 Å². The smallest absolute Gasteiger partial charge is 0.334 e. The fourth-order valence-electron chi connectivity index (χ4n) is 3.16. The molecule has 146 valence electrons. The Bertz CT molecular complexity index is 978. The van der Waals surface area contributed by atoms with E-state index in [9.17, 15) is 18.0 Å². The minimum absolute atomic E-state index is 0.201. The lowest BCUT2D eigenvalue weighted by Crippen LogP contribution is -2.29. The largest absolute Gasteiger partial charge is 0.418 e. The third-order valence-corrected chi connectivity index (χ3v) is 4.47. The lowest BCUT2D eigenvalue weighted by atomic mass is 10.1. The molecule has 1 heterocycles. The number of benzene rings is 2. The lowest BCUT2D eigenvalue weighted by Gasteiger charge is -2.14. The maximum absolute atomic E-state index is 13.0. The highest BCUT2D eigenvalue weighted by Gasteiger charge is 2.33. The molecule has 2 amide bonds. The number of carbonyl (C=O) groups is 1. The average molecular weight is 387 g/mol. The molecule has 7 heteroatoms. The minimum atomic E-state index is -4.54. The van der Waals surface area contributed by atoms with Crippen molar-refractivity contribution in [2.24, 2.45) is 0 Å². The highest BCUT2D eigenvalue weighted by Crippen LogP contribution is 2.34. The fraction of sp³-hybridized carbons (Fsp3) is 0.190. The van der Waals surface area contributed by atoms with Crippen LogP contribution < -0.4 is 10.6 Å². The van der Waals surface area contributed by atoms with Crippen LogP contribution in [0.15, 0.2) is 60.7 Å². The Kier molecular flexibility index (Phi) is 5.44. The van der Waals surface area contributed by atoms with E-state index >= 15 is 0 Å². The highest BCUT2D eigenvalue weighted by atomic mass is 19.4. The van der Waals surface area contributed by atoms with E-state index in [1.807, 2.05) is 50.2 Å². The quantitative estimate of drug-likeness (QED) is 0.616. The van der Waals surface area contributed by atoms with Gasteiger partial charge in [0.05, 0.1) is 11.3 Å². The molecule has 0 atom stereocenters. The van der Waals surface area contributed by atoms with Gasteiger partial charge in [-0.3, -0.25) is 0 Å². The Morgan fingerprint density at radius 3 is 2.32 bits per heavy atom. The van der Waals surface area contributed by atoms with Crippen LogP contribution in [-0.4, -0.2) is 10.6 Å². The van der Waals surface area contributed by atoms with E-state index in [1.165, 1.54) is 18.2 Å². The molecule has 4 nitrogen and oxygen atoms in total. The first kappa shape index (κ1) is 19.5. The molecule has 28 heavy (non-hydrogen) atoms. The summed E-state index contributed by atoms with van der Waals surface area (Å²) in [6.45, 7) is 4.10. The van der Waals surface area contributed by atoms with Crippen LogP contribution in [-0.2, 0) is 12.7 Å². The summed E-state index contributed by atoms with van der Waals surface area (Å²) in [6, 6.07) is 15.9. The molecule has 0 fully saturated rings. The van der Waals surface area contributed by atoms with Gasteiger partial charge in [-0.05, 0) is 49.7 Å². The van der Waals surface area contributed by atoms with Crippen molar-refractivity contribution in [1.29, 1.82) is 0 Å². The first-order valence-corrected chi connectivity index (χ1v) is 8.71. The van der Waals surface area contributed by atoms with Crippen LogP contribution in [0.5, 0.6) is 0 Å². The second kappa shape index (κ2) is 7.80. The van der Waals surface area contributed by atoms with Crippen LogP contribution in [0.2, 0.25) is 0 Å². The molecule has 0 bridgehead atoms. The number of hydrogen-bond acceptors (Lipinski definition) is 1. The zero-order chi connectivity index (χ0) is 20.3. The Labute approximate surface area is 161 Å². The summed E-state index contributed by atoms with van der Waals surface area (Å²) in [5.74, 6) is 0. The van der Waals surface area contributed by atoms with Crippen molar-refractivity contribution in [3.63, 3.8) is 0 Å². The van der Waals surface area contributed by atoms with Gasteiger partial charge in [0.15, 0.2) is 0 Å². The number of carbonyl (C=O) groups excluding carboxylic acids is 1. The number of aryl methyl sites for hydroxylation is 1. The maximum atomic E-state index is 13.0. The predicted molar refractivity (Wildman–Crippen MR) is 103 cm³/mol. The molecule has 1 aromatic heterocycles. The van der Waals surface area contributed by atoms with Gasteiger partial charge in [-0.2, -0.15) is 13.2 Å². The maximum Gasteiger partial charge on any atom is 0.418 e. The van der Waals surface area contributed by atoms with E-state index in [-0.39, 0.29) is 12.2 Å². The summed E-state index contributed by atoms with van der Waals surface area (Å²) in [7, 11) is 0. The minimum Gasteiger partial charge on any atom is -0.334 e. The molecule has 0 unspecified atom stereocenters. The van der Waals surface area contributed by atoms with Crippen molar-refractivity contribution < 1.29 is 18.0 Å².